The van der Waals surface area contributed by atoms with Crippen molar-refractivity contribution in [3.05, 3.63) is 53.1 Å². The molecule has 0 radical (unpaired) electrons. The lowest BCUT2D eigenvalue weighted by molar-refractivity contribution is -0.137. The molecule has 2 aromatic heterocycles. The zero-order chi connectivity index (χ0) is 19.9. The summed E-state index contributed by atoms with van der Waals surface area (Å²) in [5, 5.41) is 10.9. The molecule has 0 aliphatic rings. The van der Waals surface area contributed by atoms with Crippen LogP contribution in [0.1, 0.15) is 5.56 Å². The molecule has 2 aromatic carbocycles. The molecule has 0 bridgehead atoms. The van der Waals surface area contributed by atoms with Crippen molar-refractivity contribution in [1.82, 2.24) is 14.6 Å². The number of amides is 1. The van der Waals surface area contributed by atoms with Crippen LogP contribution < -0.4 is 5.32 Å². The molecule has 144 valence electrons. The summed E-state index contributed by atoms with van der Waals surface area (Å²) in [4.78, 5) is 12.9. The molecule has 0 unspecified atom stereocenters. The van der Waals surface area contributed by atoms with Gasteiger partial charge in [0.2, 0.25) is 10.9 Å². The Morgan fingerprint density at radius 2 is 2.00 bits per heavy atom. The fourth-order valence-corrected chi connectivity index (χ4v) is 4.56. The summed E-state index contributed by atoms with van der Waals surface area (Å²) in [7, 11) is 0. The molecule has 0 aliphatic heterocycles. The van der Waals surface area contributed by atoms with Gasteiger partial charge in [0.05, 0.1) is 27.2 Å². The third-order valence-corrected chi connectivity index (χ3v) is 5.98. The molecule has 4 rings (SSSR count). The second kappa shape index (κ2) is 7.26. The molecule has 28 heavy (non-hydrogen) atoms. The van der Waals surface area contributed by atoms with Gasteiger partial charge in [-0.05, 0) is 30.3 Å². The van der Waals surface area contributed by atoms with Crippen LogP contribution in [0.4, 0.5) is 18.9 Å². The number of thioether (sulfide) groups is 1. The number of rotatable bonds is 4. The van der Waals surface area contributed by atoms with E-state index in [1.54, 1.807) is 0 Å². The van der Waals surface area contributed by atoms with Crippen LogP contribution >= 0.6 is 34.7 Å². The van der Waals surface area contributed by atoms with Crippen molar-refractivity contribution in [2.45, 2.75) is 11.3 Å². The number of hydrogen-bond donors (Lipinski definition) is 1. The SMILES string of the molecule is O=C(CSc1nnc2sc3ccccc3n12)Nc1ccc(Cl)cc1C(F)(F)F. The highest BCUT2D eigenvalue weighted by atomic mass is 35.5. The standard InChI is InChI=1S/C17H10ClF3N4OS2/c18-9-5-6-11(10(7-9)17(19,20)21)22-14(26)8-27-15-23-24-16-25(15)12-3-1-2-4-13(12)28-16/h1-7H,8H2,(H,22,26). The number of halogens is 4. The number of nitrogens with one attached hydrogen (secondary N) is 1. The summed E-state index contributed by atoms with van der Waals surface area (Å²) in [6.45, 7) is 0. The molecule has 5 nitrogen and oxygen atoms in total. The predicted molar refractivity (Wildman–Crippen MR) is 104 cm³/mol. The van der Waals surface area contributed by atoms with Gasteiger partial charge in [-0.1, -0.05) is 46.8 Å². The summed E-state index contributed by atoms with van der Waals surface area (Å²) in [5.74, 6) is -0.709. The van der Waals surface area contributed by atoms with Crippen LogP contribution in [-0.4, -0.2) is 26.3 Å². The average molecular weight is 443 g/mol. The van der Waals surface area contributed by atoms with Crippen LogP contribution in [-0.2, 0) is 11.0 Å². The van der Waals surface area contributed by atoms with Crippen LogP contribution in [0, 0.1) is 0 Å². The lowest BCUT2D eigenvalue weighted by Gasteiger charge is -2.14. The van der Waals surface area contributed by atoms with E-state index in [-0.39, 0.29) is 16.5 Å². The number of nitrogens with zero attached hydrogens (tertiary/aromatic N) is 3. The normalized spacial score (nSPS) is 12.0. The first-order chi connectivity index (χ1) is 13.3. The summed E-state index contributed by atoms with van der Waals surface area (Å²) < 4.78 is 42.3. The number of hydrogen-bond acceptors (Lipinski definition) is 5. The Bertz CT molecular complexity index is 1190. The van der Waals surface area contributed by atoms with Gasteiger partial charge in [0.25, 0.3) is 0 Å². The number of aromatic nitrogens is 3. The minimum atomic E-state index is -4.63. The largest absolute Gasteiger partial charge is 0.418 e. The van der Waals surface area contributed by atoms with Crippen molar-refractivity contribution >= 4 is 61.5 Å². The molecule has 4 aromatic rings. The highest BCUT2D eigenvalue weighted by molar-refractivity contribution is 7.99. The highest BCUT2D eigenvalue weighted by Crippen LogP contribution is 2.36. The first-order valence-electron chi connectivity index (χ1n) is 7.85. The van der Waals surface area contributed by atoms with Crippen LogP contribution in [0.25, 0.3) is 15.2 Å². The molecule has 1 amide bonds. The number of carbonyl (C=O) groups is 1. The Morgan fingerprint density at radius 3 is 2.79 bits per heavy atom. The first-order valence-corrected chi connectivity index (χ1v) is 10.0. The van der Waals surface area contributed by atoms with E-state index in [1.165, 1.54) is 17.4 Å². The van der Waals surface area contributed by atoms with Gasteiger partial charge >= 0.3 is 6.18 Å². The van der Waals surface area contributed by atoms with Gasteiger partial charge in [0.15, 0.2) is 5.16 Å². The Morgan fingerprint density at radius 1 is 1.21 bits per heavy atom. The minimum Gasteiger partial charge on any atom is -0.325 e. The molecule has 0 atom stereocenters. The van der Waals surface area contributed by atoms with Crippen LogP contribution in [0.3, 0.4) is 0 Å². The first kappa shape index (κ1) is 19.0. The van der Waals surface area contributed by atoms with Crippen molar-refractivity contribution in [3.63, 3.8) is 0 Å². The van der Waals surface area contributed by atoms with Gasteiger partial charge in [-0.3, -0.25) is 9.20 Å². The average Bonchev–Trinajstić information content (AvgIpc) is 3.20. The fourth-order valence-electron chi connectivity index (χ4n) is 2.63. The molecule has 0 saturated heterocycles. The van der Waals surface area contributed by atoms with Crippen LogP contribution in [0.2, 0.25) is 5.02 Å². The van der Waals surface area contributed by atoms with Crippen molar-refractivity contribution in [2.75, 3.05) is 11.1 Å². The Balaban J connectivity index is 1.52. The molecule has 0 fully saturated rings. The van der Waals surface area contributed by atoms with Crippen molar-refractivity contribution in [2.24, 2.45) is 0 Å². The van der Waals surface area contributed by atoms with E-state index in [0.29, 0.717) is 10.1 Å². The summed E-state index contributed by atoms with van der Waals surface area (Å²) in [5.41, 5.74) is -0.422. The van der Waals surface area contributed by atoms with E-state index in [0.717, 1.165) is 34.1 Å². The molecule has 0 spiro atoms. The van der Waals surface area contributed by atoms with Gasteiger partial charge in [-0.25, -0.2) is 0 Å². The van der Waals surface area contributed by atoms with Crippen molar-refractivity contribution in [1.29, 1.82) is 0 Å². The van der Waals surface area contributed by atoms with Crippen LogP contribution in [0.15, 0.2) is 47.6 Å². The van der Waals surface area contributed by atoms with Gasteiger partial charge in [-0.15, -0.1) is 10.2 Å². The lowest BCUT2D eigenvalue weighted by Crippen LogP contribution is -2.18. The summed E-state index contributed by atoms with van der Waals surface area (Å²) >= 11 is 8.21. The summed E-state index contributed by atoms with van der Waals surface area (Å²) in [6, 6.07) is 10.9. The molecule has 2 heterocycles. The van der Waals surface area contributed by atoms with Gasteiger partial charge in [0, 0.05) is 5.02 Å². The van der Waals surface area contributed by atoms with E-state index in [4.69, 9.17) is 11.6 Å². The van der Waals surface area contributed by atoms with E-state index >= 15 is 0 Å². The quantitative estimate of drug-likeness (QED) is 0.433. The number of carbonyl (C=O) groups excluding carboxylic acids is 1. The molecule has 0 saturated carbocycles. The second-order valence-corrected chi connectivity index (χ2v) is 8.08. The molecule has 11 heteroatoms. The fraction of sp³-hybridized carbons (Fsp3) is 0.118. The van der Waals surface area contributed by atoms with Gasteiger partial charge < -0.3 is 5.32 Å². The molecular weight excluding hydrogens is 433 g/mol. The zero-order valence-electron chi connectivity index (χ0n) is 13.8. The van der Waals surface area contributed by atoms with Gasteiger partial charge in [0.1, 0.15) is 0 Å². The number of thiazole rings is 1. The van der Waals surface area contributed by atoms with Crippen molar-refractivity contribution in [3.8, 4) is 0 Å². The van der Waals surface area contributed by atoms with E-state index in [1.807, 2.05) is 28.7 Å². The number of fused-ring (bicyclic) bond motifs is 3. The summed E-state index contributed by atoms with van der Waals surface area (Å²) in [6.07, 6.45) is -4.63. The Kier molecular flexibility index (Phi) is 4.94. The topological polar surface area (TPSA) is 59.3 Å². The maximum Gasteiger partial charge on any atom is 0.418 e. The molecular formula is C17H10ClF3N4OS2. The predicted octanol–water partition coefficient (Wildman–Crippen LogP) is 5.35. The number of para-hydroxylation sites is 1. The van der Waals surface area contributed by atoms with Gasteiger partial charge in [-0.2, -0.15) is 13.2 Å². The third kappa shape index (κ3) is 3.67. The van der Waals surface area contributed by atoms with Crippen LogP contribution in [0.5, 0.6) is 0 Å². The maximum atomic E-state index is 13.1. The number of anilines is 1. The maximum absolute atomic E-state index is 13.1. The third-order valence-electron chi connectivity index (χ3n) is 3.80. The number of alkyl halides is 3. The zero-order valence-corrected chi connectivity index (χ0v) is 16.2. The van der Waals surface area contributed by atoms with Crippen molar-refractivity contribution < 1.29 is 18.0 Å². The Labute approximate surface area is 169 Å². The second-order valence-electron chi connectivity index (χ2n) is 5.69. The Hall–Kier alpha value is -2.30. The van der Waals surface area contributed by atoms with E-state index in [2.05, 4.69) is 15.5 Å². The smallest absolute Gasteiger partial charge is 0.325 e. The minimum absolute atomic E-state index is 0.0603. The molecule has 1 N–H and O–H groups in total. The monoisotopic (exact) mass is 442 g/mol. The van der Waals surface area contributed by atoms with E-state index < -0.39 is 17.6 Å². The lowest BCUT2D eigenvalue weighted by atomic mass is 10.1. The highest BCUT2D eigenvalue weighted by Gasteiger charge is 2.34. The number of benzene rings is 2. The molecule has 0 aliphatic carbocycles. The van der Waals surface area contributed by atoms with E-state index in [9.17, 15) is 18.0 Å².